The average molecular weight is 418 g/mol. The molecule has 9 nitrogen and oxygen atoms in total. The number of hydrogen-bond donors (Lipinski definition) is 1. The van der Waals surface area contributed by atoms with Crippen LogP contribution in [0.3, 0.4) is 0 Å². The van der Waals surface area contributed by atoms with E-state index in [0.717, 1.165) is 33.5 Å². The predicted molar refractivity (Wildman–Crippen MR) is 116 cm³/mol. The first kappa shape index (κ1) is 20.3. The molecule has 3 aromatic heterocycles. The molecule has 4 aromatic rings. The van der Waals surface area contributed by atoms with Gasteiger partial charge in [0.25, 0.3) is 0 Å². The van der Waals surface area contributed by atoms with Gasteiger partial charge in [-0.3, -0.25) is 9.36 Å². The molecule has 1 aromatic carbocycles. The summed E-state index contributed by atoms with van der Waals surface area (Å²) in [6.45, 7) is 1.94. The van der Waals surface area contributed by atoms with Gasteiger partial charge in [-0.2, -0.15) is 0 Å². The molecule has 0 fully saturated rings. The summed E-state index contributed by atoms with van der Waals surface area (Å²) in [6.07, 6.45) is 6.64. The fraction of sp³-hybridized carbons (Fsp3) is 0.227. The Hall–Kier alpha value is -4.01. The van der Waals surface area contributed by atoms with Crippen LogP contribution in [0, 0.1) is 6.92 Å². The zero-order valence-corrected chi connectivity index (χ0v) is 17.5. The Morgan fingerprint density at radius 3 is 2.87 bits per heavy atom. The summed E-state index contributed by atoms with van der Waals surface area (Å²) in [5.41, 5.74) is 3.01. The van der Waals surface area contributed by atoms with Gasteiger partial charge in [0.15, 0.2) is 0 Å². The van der Waals surface area contributed by atoms with Crippen molar-refractivity contribution in [3.05, 3.63) is 70.9 Å². The maximum Gasteiger partial charge on any atom is 0.347 e. The van der Waals surface area contributed by atoms with E-state index in [0.29, 0.717) is 5.82 Å². The zero-order valence-electron chi connectivity index (χ0n) is 17.5. The number of carbonyl (C=O) groups excluding carboxylic acids is 1. The summed E-state index contributed by atoms with van der Waals surface area (Å²) in [7, 11) is 3.60. The summed E-state index contributed by atoms with van der Waals surface area (Å²) in [4.78, 5) is 36.7. The molecule has 4 rings (SSSR count). The molecule has 0 aliphatic rings. The molecule has 0 bridgehead atoms. The van der Waals surface area contributed by atoms with Gasteiger partial charge in [-0.25, -0.2) is 19.7 Å². The minimum Gasteiger partial charge on any atom is -0.497 e. The van der Waals surface area contributed by atoms with Gasteiger partial charge in [-0.05, 0) is 31.2 Å². The van der Waals surface area contributed by atoms with Crippen molar-refractivity contribution in [2.75, 3.05) is 7.11 Å². The van der Waals surface area contributed by atoms with Crippen LogP contribution in [0.25, 0.3) is 22.2 Å². The molecule has 0 aliphatic heterocycles. The summed E-state index contributed by atoms with van der Waals surface area (Å²) in [5.74, 6) is 1.08. The fourth-order valence-electron chi connectivity index (χ4n) is 3.46. The van der Waals surface area contributed by atoms with Crippen LogP contribution >= 0.6 is 0 Å². The van der Waals surface area contributed by atoms with Crippen molar-refractivity contribution >= 4 is 16.8 Å². The number of rotatable bonds is 6. The number of nitrogens with one attached hydrogen (secondary N) is 1. The van der Waals surface area contributed by atoms with Crippen molar-refractivity contribution in [1.29, 1.82) is 0 Å². The molecule has 9 heteroatoms. The highest BCUT2D eigenvalue weighted by atomic mass is 16.5. The maximum absolute atomic E-state index is 12.4. The number of benzene rings is 1. The van der Waals surface area contributed by atoms with E-state index in [1.165, 1.54) is 17.0 Å². The van der Waals surface area contributed by atoms with Crippen molar-refractivity contribution in [3.63, 3.8) is 0 Å². The highest BCUT2D eigenvalue weighted by Crippen LogP contribution is 2.33. The second-order valence-electron chi connectivity index (χ2n) is 7.13. The third kappa shape index (κ3) is 4.16. The number of aromatic nitrogens is 5. The number of ether oxygens (including phenoxy) is 1. The van der Waals surface area contributed by atoms with Crippen molar-refractivity contribution in [3.8, 4) is 17.0 Å². The quantitative estimate of drug-likeness (QED) is 0.512. The third-order valence-corrected chi connectivity index (χ3v) is 5.01. The van der Waals surface area contributed by atoms with Gasteiger partial charge in [0.2, 0.25) is 5.91 Å². The van der Waals surface area contributed by atoms with E-state index >= 15 is 0 Å². The lowest BCUT2D eigenvalue weighted by Gasteiger charge is -2.11. The standard InChI is InChI=1S/C22H22N6O3/c1-14-24-10-15(11-25-20(29)13-28-8-4-7-23-22(28)30)21(26-14)18-12-27(2)19-6-5-16(31-3)9-17(18)19/h4-10,12H,11,13H2,1-3H3,(H,25,29). The number of hydrogen-bond acceptors (Lipinski definition) is 6. The number of fused-ring (bicyclic) bond motifs is 1. The monoisotopic (exact) mass is 418 g/mol. The van der Waals surface area contributed by atoms with Crippen LogP contribution in [0.15, 0.2) is 53.8 Å². The smallest absolute Gasteiger partial charge is 0.347 e. The van der Waals surface area contributed by atoms with Crippen LogP contribution in [-0.4, -0.2) is 37.1 Å². The van der Waals surface area contributed by atoms with Crippen molar-refractivity contribution in [2.24, 2.45) is 7.05 Å². The van der Waals surface area contributed by atoms with E-state index in [1.807, 2.05) is 42.9 Å². The molecule has 0 radical (unpaired) electrons. The molecule has 1 amide bonds. The topological polar surface area (TPSA) is 104 Å². The van der Waals surface area contributed by atoms with Crippen LogP contribution < -0.4 is 15.7 Å². The summed E-state index contributed by atoms with van der Waals surface area (Å²) >= 11 is 0. The van der Waals surface area contributed by atoms with E-state index in [1.54, 1.807) is 19.4 Å². The van der Waals surface area contributed by atoms with Gasteiger partial charge in [-0.1, -0.05) is 0 Å². The van der Waals surface area contributed by atoms with E-state index in [2.05, 4.69) is 20.3 Å². The normalized spacial score (nSPS) is 10.9. The lowest BCUT2D eigenvalue weighted by atomic mass is 10.1. The Balaban J connectivity index is 1.64. The van der Waals surface area contributed by atoms with Crippen LogP contribution in [0.1, 0.15) is 11.4 Å². The number of nitrogens with zero attached hydrogens (tertiary/aromatic N) is 5. The Bertz CT molecular complexity index is 1320. The van der Waals surface area contributed by atoms with Crippen molar-refractivity contribution in [2.45, 2.75) is 20.0 Å². The second kappa shape index (κ2) is 8.39. The first-order valence-corrected chi connectivity index (χ1v) is 9.70. The van der Waals surface area contributed by atoms with Crippen molar-refractivity contribution in [1.82, 2.24) is 29.4 Å². The Labute approximate surface area is 178 Å². The number of methoxy groups -OCH3 is 1. The Morgan fingerprint density at radius 1 is 1.26 bits per heavy atom. The largest absolute Gasteiger partial charge is 0.497 e. The minimum atomic E-state index is -0.471. The predicted octanol–water partition coefficient (Wildman–Crippen LogP) is 1.83. The molecule has 0 saturated carbocycles. The van der Waals surface area contributed by atoms with E-state index in [4.69, 9.17) is 4.74 Å². The lowest BCUT2D eigenvalue weighted by molar-refractivity contribution is -0.121. The van der Waals surface area contributed by atoms with E-state index in [9.17, 15) is 9.59 Å². The van der Waals surface area contributed by atoms with Crippen LogP contribution in [-0.2, 0) is 24.9 Å². The molecule has 3 heterocycles. The summed E-state index contributed by atoms with van der Waals surface area (Å²) in [5, 5.41) is 3.84. The first-order valence-electron chi connectivity index (χ1n) is 9.70. The minimum absolute atomic E-state index is 0.111. The van der Waals surface area contributed by atoms with Gasteiger partial charge in [-0.15, -0.1) is 0 Å². The lowest BCUT2D eigenvalue weighted by Crippen LogP contribution is -2.32. The molecule has 1 N–H and O–H groups in total. The SMILES string of the molecule is COc1ccc2c(c1)c(-c1nc(C)ncc1CNC(=O)Cn1cccnc1=O)cn2C. The maximum atomic E-state index is 12.4. The molecular weight excluding hydrogens is 396 g/mol. The summed E-state index contributed by atoms with van der Waals surface area (Å²) < 4.78 is 8.67. The molecule has 0 aliphatic carbocycles. The van der Waals surface area contributed by atoms with Gasteiger partial charge in [0.1, 0.15) is 18.1 Å². The highest BCUT2D eigenvalue weighted by molar-refractivity contribution is 5.96. The fourth-order valence-corrected chi connectivity index (χ4v) is 3.46. The molecule has 0 unspecified atom stereocenters. The van der Waals surface area contributed by atoms with Gasteiger partial charge in [0.05, 0.1) is 12.8 Å². The molecule has 31 heavy (non-hydrogen) atoms. The van der Waals surface area contributed by atoms with E-state index in [-0.39, 0.29) is 19.0 Å². The highest BCUT2D eigenvalue weighted by Gasteiger charge is 2.16. The number of carbonyl (C=O) groups is 1. The molecule has 0 spiro atoms. The molecular formula is C22H22N6O3. The molecule has 0 saturated heterocycles. The van der Waals surface area contributed by atoms with Crippen LogP contribution in [0.4, 0.5) is 0 Å². The first-order chi connectivity index (χ1) is 15.0. The molecule has 0 atom stereocenters. The Morgan fingerprint density at radius 2 is 2.10 bits per heavy atom. The Kier molecular flexibility index (Phi) is 5.48. The zero-order chi connectivity index (χ0) is 22.0. The molecule has 158 valence electrons. The van der Waals surface area contributed by atoms with Gasteiger partial charge >= 0.3 is 5.69 Å². The van der Waals surface area contributed by atoms with Crippen molar-refractivity contribution < 1.29 is 9.53 Å². The van der Waals surface area contributed by atoms with E-state index < -0.39 is 5.69 Å². The second-order valence-corrected chi connectivity index (χ2v) is 7.13. The third-order valence-electron chi connectivity index (χ3n) is 5.01. The van der Waals surface area contributed by atoms with Crippen LogP contribution in [0.5, 0.6) is 5.75 Å². The average Bonchev–Trinajstić information content (AvgIpc) is 3.10. The van der Waals surface area contributed by atoms with Gasteiger partial charge in [0, 0.05) is 60.4 Å². The summed E-state index contributed by atoms with van der Waals surface area (Å²) in [6, 6.07) is 7.49. The van der Waals surface area contributed by atoms with Crippen LogP contribution in [0.2, 0.25) is 0 Å². The van der Waals surface area contributed by atoms with Gasteiger partial charge < -0.3 is 14.6 Å². The number of amides is 1. The number of aryl methyl sites for hydroxylation is 2.